The summed E-state index contributed by atoms with van der Waals surface area (Å²) in [5, 5.41) is 5.04. The van der Waals surface area contributed by atoms with Crippen LogP contribution in [0.3, 0.4) is 0 Å². The number of nitrogens with one attached hydrogen (secondary N) is 2. The van der Waals surface area contributed by atoms with E-state index in [9.17, 15) is 13.2 Å². The summed E-state index contributed by atoms with van der Waals surface area (Å²) in [6.45, 7) is 4.76. The van der Waals surface area contributed by atoms with E-state index in [2.05, 4.69) is 11.4 Å². The summed E-state index contributed by atoms with van der Waals surface area (Å²) in [6, 6.07) is 13.2. The molecule has 1 aliphatic rings. The molecule has 28 heavy (non-hydrogen) atoms. The summed E-state index contributed by atoms with van der Waals surface area (Å²) < 4.78 is 26.9. The van der Waals surface area contributed by atoms with Crippen molar-refractivity contribution in [2.45, 2.75) is 25.1 Å². The smallest absolute Gasteiger partial charge is 0.278 e. The molecule has 1 aromatic carbocycles. The third-order valence-electron chi connectivity index (χ3n) is 5.21. The summed E-state index contributed by atoms with van der Waals surface area (Å²) in [5.41, 5.74) is 0.802. The molecule has 1 atom stereocenters. The highest BCUT2D eigenvalue weighted by Crippen LogP contribution is 2.11. The van der Waals surface area contributed by atoms with Crippen molar-refractivity contribution in [2.75, 3.05) is 32.7 Å². The molecule has 2 aromatic rings. The van der Waals surface area contributed by atoms with Gasteiger partial charge in [-0.2, -0.15) is 4.31 Å². The van der Waals surface area contributed by atoms with Crippen molar-refractivity contribution in [3.63, 3.8) is 0 Å². The quantitative estimate of drug-likeness (QED) is 0.652. The lowest BCUT2D eigenvalue weighted by Crippen LogP contribution is -3.19. The van der Waals surface area contributed by atoms with E-state index in [4.69, 9.17) is 0 Å². The van der Waals surface area contributed by atoms with E-state index in [1.54, 1.807) is 15.6 Å². The average molecular weight is 423 g/mol. The molecule has 6 nitrogen and oxygen atoms in total. The number of hydrogen-bond donors (Lipinski definition) is 2. The van der Waals surface area contributed by atoms with Gasteiger partial charge in [-0.05, 0) is 30.4 Å². The Hall–Kier alpha value is -1.74. The van der Waals surface area contributed by atoms with Crippen LogP contribution in [0.4, 0.5) is 0 Å². The first kappa shape index (κ1) is 21.0. The van der Waals surface area contributed by atoms with Crippen LogP contribution in [0.15, 0.2) is 47.8 Å². The SMILES string of the molecule is C[C@H](C(=O)NCCc1cccs1)[NH+]1CCN(S(=O)(=O)Cc2ccccc2)CC1. The summed E-state index contributed by atoms with van der Waals surface area (Å²) in [4.78, 5) is 14.8. The van der Waals surface area contributed by atoms with Crippen molar-refractivity contribution < 1.29 is 18.1 Å². The molecule has 1 amide bonds. The summed E-state index contributed by atoms with van der Waals surface area (Å²) in [5.74, 6) is 0.0641. The van der Waals surface area contributed by atoms with Crippen LogP contribution in [0.5, 0.6) is 0 Å². The van der Waals surface area contributed by atoms with E-state index >= 15 is 0 Å². The van der Waals surface area contributed by atoms with Gasteiger partial charge in [0.2, 0.25) is 10.0 Å². The number of carbonyl (C=O) groups is 1. The number of thiophene rings is 1. The van der Waals surface area contributed by atoms with Crippen LogP contribution >= 0.6 is 11.3 Å². The molecule has 1 saturated heterocycles. The maximum Gasteiger partial charge on any atom is 0.278 e. The predicted molar refractivity (Wildman–Crippen MR) is 112 cm³/mol. The second-order valence-electron chi connectivity index (χ2n) is 7.14. The number of nitrogens with zero attached hydrogens (tertiary/aromatic N) is 1. The fourth-order valence-electron chi connectivity index (χ4n) is 3.46. The van der Waals surface area contributed by atoms with Crippen LogP contribution < -0.4 is 10.2 Å². The van der Waals surface area contributed by atoms with Gasteiger partial charge in [-0.15, -0.1) is 11.3 Å². The largest absolute Gasteiger partial charge is 0.351 e. The number of amides is 1. The molecular formula is C20H28N3O3S2+. The zero-order valence-electron chi connectivity index (χ0n) is 16.1. The Morgan fingerprint density at radius 3 is 2.54 bits per heavy atom. The Morgan fingerprint density at radius 1 is 1.18 bits per heavy atom. The Balaban J connectivity index is 1.45. The maximum absolute atomic E-state index is 12.7. The molecule has 3 rings (SSSR count). The first-order chi connectivity index (χ1) is 13.5. The highest BCUT2D eigenvalue weighted by atomic mass is 32.2. The molecule has 0 aliphatic carbocycles. The Kier molecular flexibility index (Phi) is 7.23. The van der Waals surface area contributed by atoms with E-state index in [-0.39, 0.29) is 17.7 Å². The van der Waals surface area contributed by atoms with E-state index in [0.29, 0.717) is 32.7 Å². The van der Waals surface area contributed by atoms with Crippen LogP contribution in [0.2, 0.25) is 0 Å². The third kappa shape index (κ3) is 5.64. The molecule has 0 unspecified atom stereocenters. The topological polar surface area (TPSA) is 70.9 Å². The summed E-state index contributed by atoms with van der Waals surface area (Å²) in [6.07, 6.45) is 0.844. The normalized spacial score (nSPS) is 17.3. The van der Waals surface area contributed by atoms with Crippen LogP contribution in [-0.2, 0) is 27.0 Å². The van der Waals surface area contributed by atoms with Gasteiger partial charge in [0.25, 0.3) is 5.91 Å². The van der Waals surface area contributed by atoms with Gasteiger partial charge in [0.05, 0.1) is 31.9 Å². The van der Waals surface area contributed by atoms with Crippen molar-refractivity contribution in [3.8, 4) is 0 Å². The van der Waals surface area contributed by atoms with Crippen LogP contribution in [-0.4, -0.2) is 57.4 Å². The van der Waals surface area contributed by atoms with E-state index in [0.717, 1.165) is 16.9 Å². The number of carbonyl (C=O) groups excluding carboxylic acids is 1. The minimum absolute atomic E-state index is 0.0297. The van der Waals surface area contributed by atoms with Gasteiger partial charge < -0.3 is 10.2 Å². The van der Waals surface area contributed by atoms with Crippen molar-refractivity contribution in [1.29, 1.82) is 0 Å². The molecule has 152 valence electrons. The van der Waals surface area contributed by atoms with Gasteiger partial charge in [-0.25, -0.2) is 8.42 Å². The highest BCUT2D eigenvalue weighted by molar-refractivity contribution is 7.88. The third-order valence-corrected chi connectivity index (χ3v) is 7.99. The van der Waals surface area contributed by atoms with Crippen molar-refractivity contribution >= 4 is 27.3 Å². The minimum Gasteiger partial charge on any atom is -0.351 e. The molecule has 2 N–H and O–H groups in total. The average Bonchev–Trinajstić information content (AvgIpc) is 3.21. The number of benzene rings is 1. The van der Waals surface area contributed by atoms with Crippen molar-refractivity contribution in [1.82, 2.24) is 9.62 Å². The Labute approximate surface area is 171 Å². The molecule has 8 heteroatoms. The Morgan fingerprint density at radius 2 is 1.89 bits per heavy atom. The predicted octanol–water partition coefficient (Wildman–Crippen LogP) is 0.526. The first-order valence-corrected chi connectivity index (χ1v) is 12.1. The number of piperazine rings is 1. The molecular weight excluding hydrogens is 394 g/mol. The van der Waals surface area contributed by atoms with Gasteiger partial charge in [0, 0.05) is 11.4 Å². The second kappa shape index (κ2) is 9.65. The highest BCUT2D eigenvalue weighted by Gasteiger charge is 2.33. The van der Waals surface area contributed by atoms with Gasteiger partial charge >= 0.3 is 0 Å². The molecule has 0 radical (unpaired) electrons. The monoisotopic (exact) mass is 422 g/mol. The van der Waals surface area contributed by atoms with Crippen molar-refractivity contribution in [3.05, 3.63) is 58.3 Å². The fourth-order valence-corrected chi connectivity index (χ4v) is 5.71. The first-order valence-electron chi connectivity index (χ1n) is 9.62. The molecule has 1 aliphatic heterocycles. The molecule has 0 saturated carbocycles. The lowest BCUT2D eigenvalue weighted by Gasteiger charge is -2.34. The van der Waals surface area contributed by atoms with E-state index in [1.807, 2.05) is 48.7 Å². The van der Waals surface area contributed by atoms with Gasteiger partial charge in [-0.3, -0.25) is 4.79 Å². The fraction of sp³-hybridized carbons (Fsp3) is 0.450. The lowest BCUT2D eigenvalue weighted by atomic mass is 10.2. The minimum atomic E-state index is -3.32. The molecule has 1 fully saturated rings. The van der Waals surface area contributed by atoms with Crippen LogP contribution in [0.1, 0.15) is 17.4 Å². The van der Waals surface area contributed by atoms with Gasteiger partial charge in [0.1, 0.15) is 0 Å². The number of rotatable bonds is 8. The summed E-state index contributed by atoms with van der Waals surface area (Å²) in [7, 11) is -3.32. The Bertz CT molecular complexity index is 846. The lowest BCUT2D eigenvalue weighted by molar-refractivity contribution is -0.917. The maximum atomic E-state index is 12.7. The second-order valence-corrected chi connectivity index (χ2v) is 10.1. The van der Waals surface area contributed by atoms with Gasteiger partial charge in [0.15, 0.2) is 6.04 Å². The molecule has 0 bridgehead atoms. The standard InChI is InChI=1S/C20H27N3O3S2/c1-17(20(24)21-10-9-19-8-5-15-27-19)22-11-13-23(14-12-22)28(25,26)16-18-6-3-2-4-7-18/h2-8,15,17H,9-14,16H2,1H3,(H,21,24)/p+1/t17-/m1/s1. The molecule has 2 heterocycles. The zero-order chi connectivity index (χ0) is 20.0. The molecule has 1 aromatic heterocycles. The van der Waals surface area contributed by atoms with E-state index in [1.165, 1.54) is 4.88 Å². The van der Waals surface area contributed by atoms with Crippen molar-refractivity contribution in [2.24, 2.45) is 0 Å². The number of hydrogen-bond acceptors (Lipinski definition) is 4. The number of quaternary nitrogens is 1. The summed E-state index contributed by atoms with van der Waals surface area (Å²) >= 11 is 1.70. The van der Waals surface area contributed by atoms with Crippen LogP contribution in [0, 0.1) is 0 Å². The van der Waals surface area contributed by atoms with E-state index < -0.39 is 10.0 Å². The molecule has 0 spiro atoms. The van der Waals surface area contributed by atoms with Crippen LogP contribution in [0.25, 0.3) is 0 Å². The number of sulfonamides is 1. The zero-order valence-corrected chi connectivity index (χ0v) is 17.8. The van der Waals surface area contributed by atoms with Gasteiger partial charge in [-0.1, -0.05) is 36.4 Å².